The Morgan fingerprint density at radius 1 is 1.32 bits per heavy atom. The first-order chi connectivity index (χ1) is 9.16. The molecule has 2 rings (SSSR count). The van der Waals surface area contributed by atoms with Gasteiger partial charge in [-0.2, -0.15) is 11.8 Å². The summed E-state index contributed by atoms with van der Waals surface area (Å²) in [6.45, 7) is 2.07. The fourth-order valence-corrected chi connectivity index (χ4v) is 3.26. The summed E-state index contributed by atoms with van der Waals surface area (Å²) < 4.78 is 0. The van der Waals surface area contributed by atoms with Crippen LogP contribution in [0, 0.1) is 0 Å². The number of halogens is 2. The summed E-state index contributed by atoms with van der Waals surface area (Å²) in [6, 6.07) is 5.28. The molecule has 1 aliphatic rings. The van der Waals surface area contributed by atoms with Crippen molar-refractivity contribution in [1.82, 2.24) is 10.2 Å². The van der Waals surface area contributed by atoms with Crippen molar-refractivity contribution in [2.24, 2.45) is 0 Å². The number of urea groups is 1. The molecule has 6 heteroatoms. The molecule has 1 fully saturated rings. The molecular formula is C13H16Cl2N2OS. The van der Waals surface area contributed by atoms with Gasteiger partial charge < -0.3 is 10.2 Å². The Labute approximate surface area is 127 Å². The molecule has 1 N–H and O–H groups in total. The van der Waals surface area contributed by atoms with Crippen LogP contribution in [-0.4, -0.2) is 35.5 Å². The lowest BCUT2D eigenvalue weighted by Crippen LogP contribution is -2.40. The van der Waals surface area contributed by atoms with Gasteiger partial charge in [0.15, 0.2) is 0 Å². The van der Waals surface area contributed by atoms with E-state index >= 15 is 0 Å². The zero-order valence-electron chi connectivity index (χ0n) is 10.5. The maximum atomic E-state index is 12.0. The Balaban J connectivity index is 1.88. The zero-order chi connectivity index (χ0) is 13.7. The molecule has 0 atom stereocenters. The molecule has 0 aromatic heterocycles. The summed E-state index contributed by atoms with van der Waals surface area (Å²) in [6.07, 6.45) is 1.06. The van der Waals surface area contributed by atoms with E-state index in [4.69, 9.17) is 23.2 Å². The molecule has 1 saturated heterocycles. The van der Waals surface area contributed by atoms with Crippen LogP contribution < -0.4 is 5.32 Å². The Bertz CT molecular complexity index is 448. The van der Waals surface area contributed by atoms with Crippen LogP contribution in [0.2, 0.25) is 10.0 Å². The van der Waals surface area contributed by atoms with Crippen LogP contribution in [0.1, 0.15) is 12.0 Å². The van der Waals surface area contributed by atoms with E-state index in [0.29, 0.717) is 16.6 Å². The van der Waals surface area contributed by atoms with Crippen LogP contribution in [0.3, 0.4) is 0 Å². The molecule has 0 unspecified atom stereocenters. The Morgan fingerprint density at radius 2 is 2.16 bits per heavy atom. The number of amides is 2. The number of benzene rings is 1. The first kappa shape index (κ1) is 14.8. The number of hydrogen-bond acceptors (Lipinski definition) is 2. The van der Waals surface area contributed by atoms with Gasteiger partial charge in [0.1, 0.15) is 0 Å². The Hall–Kier alpha value is -0.580. The third-order valence-corrected chi connectivity index (χ3v) is 4.59. The molecule has 0 saturated carbocycles. The molecule has 19 heavy (non-hydrogen) atoms. The summed E-state index contributed by atoms with van der Waals surface area (Å²) in [5.74, 6) is 2.14. The maximum absolute atomic E-state index is 12.0. The average Bonchev–Trinajstić information content (AvgIpc) is 2.66. The fraction of sp³-hybridized carbons (Fsp3) is 0.462. The van der Waals surface area contributed by atoms with Gasteiger partial charge in [-0.15, -0.1) is 0 Å². The van der Waals surface area contributed by atoms with Crippen LogP contribution in [0.5, 0.6) is 0 Å². The van der Waals surface area contributed by atoms with Crippen LogP contribution in [0.15, 0.2) is 18.2 Å². The highest BCUT2D eigenvalue weighted by Gasteiger charge is 2.15. The number of thioether (sulfide) groups is 1. The minimum absolute atomic E-state index is 0.0199. The lowest BCUT2D eigenvalue weighted by molar-refractivity contribution is 0.201. The average molecular weight is 319 g/mol. The zero-order valence-corrected chi connectivity index (χ0v) is 12.8. The molecule has 0 spiro atoms. The van der Waals surface area contributed by atoms with E-state index in [0.717, 1.165) is 36.6 Å². The van der Waals surface area contributed by atoms with Crippen LogP contribution in [-0.2, 0) is 6.54 Å². The third kappa shape index (κ3) is 4.48. The largest absolute Gasteiger partial charge is 0.334 e. The van der Waals surface area contributed by atoms with Gasteiger partial charge in [0.2, 0.25) is 0 Å². The van der Waals surface area contributed by atoms with Gasteiger partial charge in [0.05, 0.1) is 0 Å². The van der Waals surface area contributed by atoms with Crippen molar-refractivity contribution in [3.8, 4) is 0 Å². The van der Waals surface area contributed by atoms with E-state index < -0.39 is 0 Å². The third-order valence-electron chi connectivity index (χ3n) is 2.95. The quantitative estimate of drug-likeness (QED) is 0.902. The van der Waals surface area contributed by atoms with Gasteiger partial charge in [-0.25, -0.2) is 4.79 Å². The second-order valence-electron chi connectivity index (χ2n) is 4.35. The number of nitrogens with zero attached hydrogens (tertiary/aromatic N) is 1. The SMILES string of the molecule is O=C(NCc1ccc(Cl)cc1Cl)N1CCCSCC1. The van der Waals surface area contributed by atoms with Crippen LogP contribution >= 0.6 is 35.0 Å². The minimum Gasteiger partial charge on any atom is -0.334 e. The molecule has 1 aromatic rings. The second kappa shape index (κ2) is 7.27. The van der Waals surface area contributed by atoms with E-state index in [1.54, 1.807) is 12.1 Å². The Morgan fingerprint density at radius 3 is 2.95 bits per heavy atom. The Kier molecular flexibility index (Phi) is 5.67. The topological polar surface area (TPSA) is 32.3 Å². The number of nitrogens with one attached hydrogen (secondary N) is 1. The molecule has 3 nitrogen and oxygen atoms in total. The van der Waals surface area contributed by atoms with Crippen molar-refractivity contribution < 1.29 is 4.79 Å². The van der Waals surface area contributed by atoms with Gasteiger partial charge in [-0.1, -0.05) is 29.3 Å². The monoisotopic (exact) mass is 318 g/mol. The van der Waals surface area contributed by atoms with Crippen molar-refractivity contribution in [3.05, 3.63) is 33.8 Å². The lowest BCUT2D eigenvalue weighted by Gasteiger charge is -2.20. The molecule has 1 aromatic carbocycles. The minimum atomic E-state index is -0.0199. The lowest BCUT2D eigenvalue weighted by atomic mass is 10.2. The van der Waals surface area contributed by atoms with Gasteiger partial charge >= 0.3 is 6.03 Å². The normalized spacial score (nSPS) is 16.0. The maximum Gasteiger partial charge on any atom is 0.317 e. The van der Waals surface area contributed by atoms with E-state index in [9.17, 15) is 4.79 Å². The molecular weight excluding hydrogens is 303 g/mol. The summed E-state index contributed by atoms with van der Waals surface area (Å²) in [4.78, 5) is 13.9. The highest BCUT2D eigenvalue weighted by Crippen LogP contribution is 2.20. The van der Waals surface area contributed by atoms with Gasteiger partial charge in [0, 0.05) is 35.4 Å². The highest BCUT2D eigenvalue weighted by molar-refractivity contribution is 7.99. The van der Waals surface area contributed by atoms with E-state index in [1.165, 1.54) is 0 Å². The first-order valence-electron chi connectivity index (χ1n) is 6.21. The molecule has 1 aliphatic heterocycles. The predicted octanol–water partition coefficient (Wildman–Crippen LogP) is 3.64. The van der Waals surface area contributed by atoms with E-state index in [2.05, 4.69) is 5.32 Å². The van der Waals surface area contributed by atoms with Gasteiger partial charge in [-0.05, 0) is 29.9 Å². The number of carbonyl (C=O) groups excluding carboxylic acids is 1. The van der Waals surface area contributed by atoms with Crippen molar-refractivity contribution >= 4 is 41.0 Å². The van der Waals surface area contributed by atoms with Crippen LogP contribution in [0.4, 0.5) is 4.79 Å². The standard InChI is InChI=1S/C13H16Cl2N2OS/c14-11-3-2-10(12(15)8-11)9-16-13(18)17-4-1-6-19-7-5-17/h2-3,8H,1,4-7,9H2,(H,16,18). The summed E-state index contributed by atoms with van der Waals surface area (Å²) in [5, 5.41) is 4.09. The molecule has 0 radical (unpaired) electrons. The molecule has 1 heterocycles. The van der Waals surface area contributed by atoms with Gasteiger partial charge in [-0.3, -0.25) is 0 Å². The van der Waals surface area contributed by atoms with Crippen molar-refractivity contribution in [1.29, 1.82) is 0 Å². The van der Waals surface area contributed by atoms with Crippen molar-refractivity contribution in [3.63, 3.8) is 0 Å². The summed E-state index contributed by atoms with van der Waals surface area (Å²) >= 11 is 13.8. The summed E-state index contributed by atoms with van der Waals surface area (Å²) in [7, 11) is 0. The number of rotatable bonds is 2. The number of carbonyl (C=O) groups is 1. The van der Waals surface area contributed by atoms with E-state index in [1.807, 2.05) is 22.7 Å². The highest BCUT2D eigenvalue weighted by atomic mass is 35.5. The smallest absolute Gasteiger partial charge is 0.317 e. The second-order valence-corrected chi connectivity index (χ2v) is 6.42. The van der Waals surface area contributed by atoms with Gasteiger partial charge in [0.25, 0.3) is 0 Å². The molecule has 0 aliphatic carbocycles. The van der Waals surface area contributed by atoms with Crippen molar-refractivity contribution in [2.75, 3.05) is 24.6 Å². The first-order valence-corrected chi connectivity index (χ1v) is 8.12. The fourth-order valence-electron chi connectivity index (χ4n) is 1.90. The molecule has 2 amide bonds. The number of hydrogen-bond donors (Lipinski definition) is 1. The summed E-state index contributed by atoms with van der Waals surface area (Å²) in [5.41, 5.74) is 0.878. The van der Waals surface area contributed by atoms with Crippen molar-refractivity contribution in [2.45, 2.75) is 13.0 Å². The molecule has 104 valence electrons. The predicted molar refractivity (Wildman–Crippen MR) is 82.2 cm³/mol. The molecule has 0 bridgehead atoms. The van der Waals surface area contributed by atoms with Crippen LogP contribution in [0.25, 0.3) is 0 Å². The van der Waals surface area contributed by atoms with E-state index in [-0.39, 0.29) is 6.03 Å².